The average Bonchev–Trinajstić information content (AvgIpc) is 2.73. The van der Waals surface area contributed by atoms with E-state index in [4.69, 9.17) is 15.5 Å². The highest BCUT2D eigenvalue weighted by Gasteiger charge is 2.11. The Morgan fingerprint density at radius 2 is 2.26 bits per heavy atom. The molecule has 0 aliphatic heterocycles. The monoisotopic (exact) mass is 259 g/mol. The van der Waals surface area contributed by atoms with Gasteiger partial charge in [-0.15, -0.1) is 0 Å². The van der Waals surface area contributed by atoms with Crippen LogP contribution in [0.15, 0.2) is 30.4 Å². The van der Waals surface area contributed by atoms with Crippen molar-refractivity contribution in [1.29, 1.82) is 0 Å². The second-order valence-corrected chi connectivity index (χ2v) is 4.82. The second kappa shape index (κ2) is 5.89. The summed E-state index contributed by atoms with van der Waals surface area (Å²) in [4.78, 5) is 4.70. The van der Waals surface area contributed by atoms with Gasteiger partial charge in [-0.25, -0.2) is 4.98 Å². The molecule has 102 valence electrons. The van der Waals surface area contributed by atoms with Crippen molar-refractivity contribution in [2.24, 2.45) is 5.73 Å². The second-order valence-electron chi connectivity index (χ2n) is 4.82. The Morgan fingerprint density at radius 3 is 2.89 bits per heavy atom. The summed E-state index contributed by atoms with van der Waals surface area (Å²) in [6.45, 7) is 7.50. The molecule has 0 amide bonds. The van der Waals surface area contributed by atoms with E-state index in [-0.39, 0.29) is 0 Å². The first kappa shape index (κ1) is 13.6. The summed E-state index contributed by atoms with van der Waals surface area (Å²) in [6, 6.07) is 5.98. The number of hydrogen-bond acceptors (Lipinski definition) is 3. The molecule has 0 radical (unpaired) electrons. The van der Waals surface area contributed by atoms with Gasteiger partial charge >= 0.3 is 0 Å². The number of aryl methyl sites for hydroxylation is 1. The topological polar surface area (TPSA) is 53.1 Å². The summed E-state index contributed by atoms with van der Waals surface area (Å²) in [5.41, 5.74) is 8.79. The summed E-state index contributed by atoms with van der Waals surface area (Å²) in [7, 11) is 1.67. The summed E-state index contributed by atoms with van der Waals surface area (Å²) in [5.74, 6) is 1.90. The van der Waals surface area contributed by atoms with Gasteiger partial charge in [0.2, 0.25) is 0 Å². The van der Waals surface area contributed by atoms with Gasteiger partial charge in [0.15, 0.2) is 0 Å². The molecule has 0 aliphatic carbocycles. The third-order valence-electron chi connectivity index (χ3n) is 3.07. The number of ether oxygens (including phenoxy) is 1. The number of nitrogens with two attached hydrogens (primary N) is 1. The molecule has 4 nitrogen and oxygen atoms in total. The molecule has 0 unspecified atom stereocenters. The number of aromatic nitrogens is 2. The van der Waals surface area contributed by atoms with Crippen molar-refractivity contribution in [3.63, 3.8) is 0 Å². The molecule has 2 rings (SSSR count). The minimum atomic E-state index is 0.680. The fourth-order valence-electron chi connectivity index (χ4n) is 2.18. The van der Waals surface area contributed by atoms with E-state index in [0.29, 0.717) is 6.54 Å². The third kappa shape index (κ3) is 2.96. The Hall–Kier alpha value is -1.81. The number of nitrogens with zero attached hydrogens (tertiary/aromatic N) is 2. The first-order valence-electron chi connectivity index (χ1n) is 6.53. The maximum atomic E-state index is 5.59. The van der Waals surface area contributed by atoms with Gasteiger partial charge < -0.3 is 15.0 Å². The van der Waals surface area contributed by atoms with Crippen LogP contribution < -0.4 is 10.5 Å². The predicted molar refractivity (Wildman–Crippen MR) is 78.5 cm³/mol. The zero-order valence-electron chi connectivity index (χ0n) is 11.6. The Balaban J connectivity index is 2.48. The van der Waals surface area contributed by atoms with Crippen molar-refractivity contribution >= 4 is 11.0 Å². The molecule has 0 fully saturated rings. The van der Waals surface area contributed by atoms with Crippen LogP contribution in [0.25, 0.3) is 11.0 Å². The molecule has 2 N–H and O–H groups in total. The highest BCUT2D eigenvalue weighted by molar-refractivity contribution is 5.78. The van der Waals surface area contributed by atoms with E-state index in [2.05, 4.69) is 17.2 Å². The molecule has 0 saturated carbocycles. The molecule has 0 saturated heterocycles. The molecule has 0 spiro atoms. The maximum Gasteiger partial charge on any atom is 0.121 e. The predicted octanol–water partition coefficient (Wildman–Crippen LogP) is 2.51. The first-order valence-corrected chi connectivity index (χ1v) is 6.53. The van der Waals surface area contributed by atoms with Gasteiger partial charge in [0.25, 0.3) is 0 Å². The van der Waals surface area contributed by atoms with E-state index in [0.717, 1.165) is 47.6 Å². The van der Waals surface area contributed by atoms with Crippen LogP contribution in [-0.2, 0) is 13.0 Å². The number of benzene rings is 1. The van der Waals surface area contributed by atoms with E-state index in [1.54, 1.807) is 7.11 Å². The molecular weight excluding hydrogens is 238 g/mol. The largest absolute Gasteiger partial charge is 0.497 e. The smallest absolute Gasteiger partial charge is 0.121 e. The number of rotatable bonds is 6. The summed E-state index contributed by atoms with van der Waals surface area (Å²) in [5, 5.41) is 0. The van der Waals surface area contributed by atoms with Crippen molar-refractivity contribution in [3.05, 3.63) is 36.2 Å². The van der Waals surface area contributed by atoms with Crippen molar-refractivity contribution in [2.45, 2.75) is 26.3 Å². The van der Waals surface area contributed by atoms with Crippen LogP contribution >= 0.6 is 0 Å². The van der Waals surface area contributed by atoms with Crippen molar-refractivity contribution in [3.8, 4) is 5.75 Å². The van der Waals surface area contributed by atoms with Gasteiger partial charge in [-0.3, -0.25) is 0 Å². The molecule has 19 heavy (non-hydrogen) atoms. The summed E-state index contributed by atoms with van der Waals surface area (Å²) in [6.07, 6.45) is 1.83. The lowest BCUT2D eigenvalue weighted by molar-refractivity contribution is 0.415. The molecule has 1 aromatic heterocycles. The van der Waals surface area contributed by atoms with Crippen LogP contribution in [0, 0.1) is 0 Å². The number of fused-ring (bicyclic) bond motifs is 1. The highest BCUT2D eigenvalue weighted by atomic mass is 16.5. The summed E-state index contributed by atoms with van der Waals surface area (Å²) >= 11 is 0. The fourth-order valence-corrected chi connectivity index (χ4v) is 2.18. The van der Waals surface area contributed by atoms with Crippen LogP contribution in [0.2, 0.25) is 0 Å². The number of imidazole rings is 1. The van der Waals surface area contributed by atoms with E-state index in [1.165, 1.54) is 0 Å². The van der Waals surface area contributed by atoms with Gasteiger partial charge in [-0.05, 0) is 32.0 Å². The Morgan fingerprint density at radius 1 is 1.47 bits per heavy atom. The fraction of sp³-hybridized carbons (Fsp3) is 0.400. The molecule has 4 heteroatoms. The first-order chi connectivity index (χ1) is 9.15. The zero-order chi connectivity index (χ0) is 13.8. The van der Waals surface area contributed by atoms with Crippen LogP contribution in [-0.4, -0.2) is 23.2 Å². The minimum absolute atomic E-state index is 0.680. The number of hydrogen-bond donors (Lipinski definition) is 1. The SMILES string of the molecule is C=C(C)Cn1c(CCCN)nc2cc(OC)ccc21. The lowest BCUT2D eigenvalue weighted by Gasteiger charge is -2.08. The van der Waals surface area contributed by atoms with E-state index < -0.39 is 0 Å². The van der Waals surface area contributed by atoms with E-state index in [1.807, 2.05) is 19.1 Å². The maximum absolute atomic E-state index is 5.59. The van der Waals surface area contributed by atoms with Gasteiger partial charge in [-0.1, -0.05) is 12.2 Å². The molecule has 0 atom stereocenters. The van der Waals surface area contributed by atoms with Crippen molar-refractivity contribution < 1.29 is 4.74 Å². The average molecular weight is 259 g/mol. The van der Waals surface area contributed by atoms with Crippen LogP contribution in [0.3, 0.4) is 0 Å². The third-order valence-corrected chi connectivity index (χ3v) is 3.07. The molecule has 0 aliphatic rings. The van der Waals surface area contributed by atoms with Crippen LogP contribution in [0.1, 0.15) is 19.2 Å². The Bertz CT molecular complexity index is 586. The Kier molecular flexibility index (Phi) is 4.22. The highest BCUT2D eigenvalue weighted by Crippen LogP contribution is 2.23. The molecular formula is C15H21N3O. The lowest BCUT2D eigenvalue weighted by Crippen LogP contribution is -2.07. The molecule has 1 heterocycles. The zero-order valence-corrected chi connectivity index (χ0v) is 11.6. The molecule has 1 aromatic carbocycles. The van der Waals surface area contributed by atoms with E-state index in [9.17, 15) is 0 Å². The molecule has 2 aromatic rings. The standard InChI is InChI=1S/C15H21N3O/c1-11(2)10-18-14-7-6-12(19-3)9-13(14)17-15(18)5-4-8-16/h6-7,9H,1,4-5,8,10,16H2,2-3H3. The van der Waals surface area contributed by atoms with Gasteiger partial charge in [0.05, 0.1) is 18.1 Å². The lowest BCUT2D eigenvalue weighted by atomic mass is 10.2. The minimum Gasteiger partial charge on any atom is -0.497 e. The Labute approximate surface area is 113 Å². The van der Waals surface area contributed by atoms with Crippen molar-refractivity contribution in [2.75, 3.05) is 13.7 Å². The number of allylic oxidation sites excluding steroid dienone is 1. The number of methoxy groups -OCH3 is 1. The quantitative estimate of drug-likeness (QED) is 0.811. The van der Waals surface area contributed by atoms with Gasteiger partial charge in [0, 0.05) is 19.0 Å². The van der Waals surface area contributed by atoms with Crippen LogP contribution in [0.4, 0.5) is 0 Å². The summed E-state index contributed by atoms with van der Waals surface area (Å²) < 4.78 is 7.46. The van der Waals surface area contributed by atoms with Gasteiger partial charge in [-0.2, -0.15) is 0 Å². The van der Waals surface area contributed by atoms with E-state index >= 15 is 0 Å². The van der Waals surface area contributed by atoms with Gasteiger partial charge in [0.1, 0.15) is 11.6 Å². The van der Waals surface area contributed by atoms with Crippen LogP contribution in [0.5, 0.6) is 5.75 Å². The normalized spacial score (nSPS) is 10.9. The molecule has 0 bridgehead atoms. The van der Waals surface area contributed by atoms with Crippen molar-refractivity contribution in [1.82, 2.24) is 9.55 Å².